The number of nitrogens with zero attached hydrogens (tertiary/aromatic N) is 1. The van der Waals surface area contributed by atoms with Crippen LogP contribution in [0.15, 0.2) is 54.7 Å². The molecule has 4 rings (SSSR count). The number of alkyl halides is 3. The van der Waals surface area contributed by atoms with Crippen molar-refractivity contribution in [3.8, 4) is 5.75 Å². The highest BCUT2D eigenvalue weighted by Crippen LogP contribution is 2.35. The molecule has 1 aromatic heterocycles. The first-order valence-electron chi connectivity index (χ1n) is 8.88. The molecule has 2 N–H and O–H groups in total. The number of ether oxygens (including phenoxy) is 1. The van der Waals surface area contributed by atoms with Crippen LogP contribution < -0.4 is 10.1 Å². The van der Waals surface area contributed by atoms with Gasteiger partial charge in [-0.3, -0.25) is 4.90 Å². The van der Waals surface area contributed by atoms with E-state index in [1.165, 1.54) is 12.1 Å². The summed E-state index contributed by atoms with van der Waals surface area (Å²) >= 11 is 0. The van der Waals surface area contributed by atoms with Crippen LogP contribution >= 0.6 is 0 Å². The summed E-state index contributed by atoms with van der Waals surface area (Å²) < 4.78 is 41.4. The first-order valence-corrected chi connectivity index (χ1v) is 8.88. The predicted octanol–water partition coefficient (Wildman–Crippen LogP) is 4.06. The highest BCUT2D eigenvalue weighted by Gasteiger charge is 2.31. The minimum atomic E-state index is -4.68. The van der Waals surface area contributed by atoms with Crippen LogP contribution in [0, 0.1) is 0 Å². The topological polar surface area (TPSA) is 40.3 Å². The van der Waals surface area contributed by atoms with Crippen LogP contribution in [0.1, 0.15) is 17.2 Å². The van der Waals surface area contributed by atoms with Crippen LogP contribution in [-0.4, -0.2) is 42.4 Å². The minimum Gasteiger partial charge on any atom is -0.406 e. The molecule has 0 unspecified atom stereocenters. The summed E-state index contributed by atoms with van der Waals surface area (Å²) in [7, 11) is 0. The third kappa shape index (κ3) is 3.94. The Labute approximate surface area is 154 Å². The third-order valence-electron chi connectivity index (χ3n) is 4.87. The van der Waals surface area contributed by atoms with Gasteiger partial charge in [-0.2, -0.15) is 0 Å². The van der Waals surface area contributed by atoms with Gasteiger partial charge in [-0.1, -0.05) is 24.3 Å². The second kappa shape index (κ2) is 7.25. The molecule has 1 fully saturated rings. The molecular weight excluding hydrogens is 355 g/mol. The van der Waals surface area contributed by atoms with Gasteiger partial charge in [-0.25, -0.2) is 0 Å². The number of halogens is 3. The summed E-state index contributed by atoms with van der Waals surface area (Å²) in [4.78, 5) is 5.59. The van der Waals surface area contributed by atoms with Gasteiger partial charge >= 0.3 is 6.36 Å². The Morgan fingerprint density at radius 1 is 0.963 bits per heavy atom. The molecule has 4 nitrogen and oxygen atoms in total. The van der Waals surface area contributed by atoms with Crippen molar-refractivity contribution >= 4 is 10.9 Å². The van der Waals surface area contributed by atoms with E-state index >= 15 is 0 Å². The lowest BCUT2D eigenvalue weighted by Gasteiger charge is -2.36. The lowest BCUT2D eigenvalue weighted by atomic mass is 9.94. The Hall–Kier alpha value is -2.51. The van der Waals surface area contributed by atoms with Crippen molar-refractivity contribution in [2.45, 2.75) is 12.4 Å². The highest BCUT2D eigenvalue weighted by molar-refractivity contribution is 5.83. The summed E-state index contributed by atoms with van der Waals surface area (Å²) in [5, 5.41) is 4.47. The van der Waals surface area contributed by atoms with E-state index < -0.39 is 6.36 Å². The fourth-order valence-corrected chi connectivity index (χ4v) is 3.73. The Kier molecular flexibility index (Phi) is 4.80. The molecule has 142 valence electrons. The molecule has 27 heavy (non-hydrogen) atoms. The molecule has 3 aromatic rings. The van der Waals surface area contributed by atoms with Crippen molar-refractivity contribution in [1.82, 2.24) is 15.2 Å². The fourth-order valence-electron chi connectivity index (χ4n) is 3.73. The molecule has 7 heteroatoms. The summed E-state index contributed by atoms with van der Waals surface area (Å²) in [5.41, 5.74) is 3.13. The van der Waals surface area contributed by atoms with Crippen molar-refractivity contribution in [2.75, 3.05) is 26.2 Å². The Balaban J connectivity index is 1.73. The number of nitrogens with one attached hydrogen (secondary N) is 2. The summed E-state index contributed by atoms with van der Waals surface area (Å²) in [6.45, 7) is 3.50. The van der Waals surface area contributed by atoms with Gasteiger partial charge in [0.1, 0.15) is 5.75 Å². The molecule has 0 aliphatic carbocycles. The number of hydrogen-bond donors (Lipinski definition) is 2. The quantitative estimate of drug-likeness (QED) is 0.723. The zero-order valence-electron chi connectivity index (χ0n) is 14.6. The molecule has 1 saturated heterocycles. The minimum absolute atomic E-state index is 0.0356. The van der Waals surface area contributed by atoms with Crippen molar-refractivity contribution in [1.29, 1.82) is 0 Å². The van der Waals surface area contributed by atoms with E-state index in [0.717, 1.165) is 48.2 Å². The first kappa shape index (κ1) is 17.9. The lowest BCUT2D eigenvalue weighted by molar-refractivity contribution is -0.274. The van der Waals surface area contributed by atoms with Crippen LogP contribution in [0.5, 0.6) is 5.75 Å². The Bertz CT molecular complexity index is 899. The van der Waals surface area contributed by atoms with Crippen LogP contribution in [0.25, 0.3) is 10.9 Å². The third-order valence-corrected chi connectivity index (χ3v) is 4.87. The maximum Gasteiger partial charge on any atom is 0.573 e. The number of H-pyrrole nitrogens is 1. The largest absolute Gasteiger partial charge is 0.573 e. The molecule has 1 atom stereocenters. The van der Waals surface area contributed by atoms with Crippen molar-refractivity contribution < 1.29 is 17.9 Å². The average Bonchev–Trinajstić information content (AvgIpc) is 3.13. The van der Waals surface area contributed by atoms with Gasteiger partial charge in [0.05, 0.1) is 6.04 Å². The number of rotatable bonds is 4. The molecule has 2 aromatic carbocycles. The van der Waals surface area contributed by atoms with Gasteiger partial charge in [0.2, 0.25) is 0 Å². The van der Waals surface area contributed by atoms with E-state index in [1.807, 2.05) is 24.4 Å². The standard InChI is InChI=1S/C20H20F3N3O/c21-20(22,23)27-15-6-4-14(5-7-15)19(26-12-10-24-11-13-26)17-2-1-3-18-16(17)8-9-25-18/h1-9,19,24-25H,10-13H2/t19-/m1/s1. The molecule has 1 aliphatic heterocycles. The van der Waals surface area contributed by atoms with Gasteiger partial charge in [-0.05, 0) is 35.4 Å². The Morgan fingerprint density at radius 3 is 2.41 bits per heavy atom. The van der Waals surface area contributed by atoms with E-state index in [0.29, 0.717) is 0 Å². The van der Waals surface area contributed by atoms with Crippen LogP contribution in [-0.2, 0) is 0 Å². The zero-order chi connectivity index (χ0) is 18.9. The second-order valence-electron chi connectivity index (χ2n) is 6.59. The smallest absolute Gasteiger partial charge is 0.406 e. The van der Waals surface area contributed by atoms with Crippen LogP contribution in [0.3, 0.4) is 0 Å². The maximum absolute atomic E-state index is 12.5. The SMILES string of the molecule is FC(F)(F)Oc1ccc([C@H](c2cccc3[nH]ccc23)N2CCNCC2)cc1. The fraction of sp³-hybridized carbons (Fsp3) is 0.300. The van der Waals surface area contributed by atoms with E-state index in [4.69, 9.17) is 0 Å². The van der Waals surface area contributed by atoms with Gasteiger partial charge in [0.15, 0.2) is 0 Å². The summed E-state index contributed by atoms with van der Waals surface area (Å²) in [6, 6.07) is 14.3. The van der Waals surface area contributed by atoms with Gasteiger partial charge in [0, 0.05) is 43.3 Å². The van der Waals surface area contributed by atoms with Gasteiger partial charge < -0.3 is 15.0 Å². The molecular formula is C20H20F3N3O. The van der Waals surface area contributed by atoms with Crippen LogP contribution in [0.2, 0.25) is 0 Å². The molecule has 0 radical (unpaired) electrons. The Morgan fingerprint density at radius 2 is 1.70 bits per heavy atom. The van der Waals surface area contributed by atoms with E-state index in [1.54, 1.807) is 12.1 Å². The average molecular weight is 375 g/mol. The predicted molar refractivity (Wildman–Crippen MR) is 97.7 cm³/mol. The molecule has 2 heterocycles. The lowest BCUT2D eigenvalue weighted by Crippen LogP contribution is -2.45. The van der Waals surface area contributed by atoms with E-state index in [2.05, 4.69) is 26.0 Å². The highest BCUT2D eigenvalue weighted by atomic mass is 19.4. The molecule has 0 amide bonds. The number of fused-ring (bicyclic) bond motifs is 1. The van der Waals surface area contributed by atoms with Crippen molar-refractivity contribution in [2.24, 2.45) is 0 Å². The van der Waals surface area contributed by atoms with E-state index in [-0.39, 0.29) is 11.8 Å². The number of piperazine rings is 1. The van der Waals surface area contributed by atoms with E-state index in [9.17, 15) is 13.2 Å². The number of aromatic amines is 1. The van der Waals surface area contributed by atoms with Crippen LogP contribution in [0.4, 0.5) is 13.2 Å². The molecule has 1 aliphatic rings. The number of benzene rings is 2. The first-order chi connectivity index (χ1) is 13.0. The molecule has 0 bridgehead atoms. The normalized spacial score (nSPS) is 17.1. The number of aromatic nitrogens is 1. The van der Waals surface area contributed by atoms with Crippen molar-refractivity contribution in [3.05, 3.63) is 65.9 Å². The maximum atomic E-state index is 12.5. The van der Waals surface area contributed by atoms with Gasteiger partial charge in [0.25, 0.3) is 0 Å². The van der Waals surface area contributed by atoms with Gasteiger partial charge in [-0.15, -0.1) is 13.2 Å². The monoisotopic (exact) mass is 375 g/mol. The molecule has 0 spiro atoms. The summed E-state index contributed by atoms with van der Waals surface area (Å²) in [6.07, 6.45) is -2.78. The zero-order valence-corrected chi connectivity index (χ0v) is 14.6. The van der Waals surface area contributed by atoms with Crippen molar-refractivity contribution in [3.63, 3.8) is 0 Å². The summed E-state index contributed by atoms with van der Waals surface area (Å²) in [5.74, 6) is -0.204. The number of hydrogen-bond acceptors (Lipinski definition) is 3. The second-order valence-corrected chi connectivity index (χ2v) is 6.59. The molecule has 0 saturated carbocycles.